The fourth-order valence-corrected chi connectivity index (χ4v) is 6.03. The van der Waals surface area contributed by atoms with Crippen LogP contribution < -0.4 is 11.1 Å². The molecule has 1 aliphatic rings. The number of thioether (sulfide) groups is 1. The summed E-state index contributed by atoms with van der Waals surface area (Å²) in [5, 5.41) is 30.9. The summed E-state index contributed by atoms with van der Waals surface area (Å²) in [6, 6.07) is 12.5. The second-order valence-corrected chi connectivity index (χ2v) is 11.5. The molecule has 36 heavy (non-hydrogen) atoms. The van der Waals surface area contributed by atoms with Crippen LogP contribution in [0.25, 0.3) is 11.3 Å². The number of oxime groups is 1. The molecule has 1 fully saturated rings. The molecule has 1 aromatic heterocycles. The maximum absolute atomic E-state index is 13.1. The molecule has 0 atom stereocenters. The number of amides is 1. The van der Waals surface area contributed by atoms with Crippen molar-refractivity contribution in [2.75, 3.05) is 18.8 Å². The summed E-state index contributed by atoms with van der Waals surface area (Å²) in [4.78, 5) is 17.1. The van der Waals surface area contributed by atoms with Gasteiger partial charge in [-0.1, -0.05) is 64.4 Å². The van der Waals surface area contributed by atoms with E-state index in [1.165, 1.54) is 23.1 Å². The van der Waals surface area contributed by atoms with Crippen LogP contribution in [0.4, 0.5) is 0 Å². The number of nitrogens with two attached hydrogens (primary N) is 1. The summed E-state index contributed by atoms with van der Waals surface area (Å²) < 4.78 is 0.438. The predicted molar refractivity (Wildman–Crippen MR) is 145 cm³/mol. The van der Waals surface area contributed by atoms with E-state index in [9.17, 15) is 10.0 Å². The molecule has 0 spiro atoms. The molecule has 1 aliphatic heterocycles. The highest BCUT2D eigenvalue weighted by atomic mass is 35.5. The largest absolute Gasteiger partial charge is 0.633 e. The molecule has 2 heterocycles. The molecule has 2 aromatic carbocycles. The molecule has 1 saturated heterocycles. The van der Waals surface area contributed by atoms with Gasteiger partial charge in [0.1, 0.15) is 6.54 Å². The summed E-state index contributed by atoms with van der Waals surface area (Å²) >= 11 is 14.9. The molecular formula is C24H25Cl2N5O3S2. The first-order valence-electron chi connectivity index (χ1n) is 11.2. The molecular weight excluding hydrogens is 541 g/mol. The lowest BCUT2D eigenvalue weighted by Gasteiger charge is -2.47. The van der Waals surface area contributed by atoms with Gasteiger partial charge in [0.25, 0.3) is 0 Å². The van der Waals surface area contributed by atoms with E-state index in [1.807, 2.05) is 23.6 Å². The van der Waals surface area contributed by atoms with E-state index in [0.29, 0.717) is 48.1 Å². The number of carbonyl (C=O) groups excluding carboxylic acids is 1. The van der Waals surface area contributed by atoms with Crippen LogP contribution in [-0.4, -0.2) is 51.5 Å². The van der Waals surface area contributed by atoms with Crippen molar-refractivity contribution < 1.29 is 14.6 Å². The molecule has 3 aromatic rings. The van der Waals surface area contributed by atoms with Gasteiger partial charge in [-0.15, -0.1) is 11.3 Å². The number of likely N-dealkylation sites (tertiary alicyclic amines) is 1. The molecule has 1 amide bonds. The number of thiazole rings is 1. The second-order valence-electron chi connectivity index (χ2n) is 8.61. The Morgan fingerprint density at radius 1 is 1.25 bits per heavy atom. The molecule has 0 unspecified atom stereocenters. The molecule has 4 N–H and O–H groups in total. The Morgan fingerprint density at radius 2 is 2.03 bits per heavy atom. The van der Waals surface area contributed by atoms with Crippen LogP contribution in [0.1, 0.15) is 24.0 Å². The van der Waals surface area contributed by atoms with E-state index in [0.717, 1.165) is 21.2 Å². The average molecular weight is 567 g/mol. The standard InChI is InChI=1S/C24H25Cl2N5O3S2/c25-19-5-4-15(10-20(19)26)12-31(34)8-6-18(7-9-31)28-22(32)14-36-24-29-21(13-35-24)16-2-1-3-17(11-16)23(27)30-33/h1-5,10-11,13,18,33H,6-9,12,14H2,(H2,27,30)(H,28,32). The van der Waals surface area contributed by atoms with Crippen molar-refractivity contribution in [3.05, 3.63) is 74.2 Å². The minimum absolute atomic E-state index is 0.0136. The first-order valence-corrected chi connectivity index (χ1v) is 13.8. The maximum Gasteiger partial charge on any atom is 0.230 e. The van der Waals surface area contributed by atoms with Gasteiger partial charge in [-0.2, -0.15) is 0 Å². The number of piperidine rings is 1. The molecule has 0 bridgehead atoms. The van der Waals surface area contributed by atoms with Crippen molar-refractivity contribution in [2.45, 2.75) is 29.8 Å². The molecule has 8 nitrogen and oxygen atoms in total. The quantitative estimate of drug-likeness (QED) is 0.0664. The topological polar surface area (TPSA) is 124 Å². The van der Waals surface area contributed by atoms with Gasteiger partial charge in [0.15, 0.2) is 10.2 Å². The van der Waals surface area contributed by atoms with Gasteiger partial charge in [0.2, 0.25) is 5.91 Å². The van der Waals surface area contributed by atoms with Crippen molar-refractivity contribution >= 4 is 58.0 Å². The lowest BCUT2D eigenvalue weighted by molar-refractivity contribution is -0.898. The number of quaternary nitrogens is 1. The van der Waals surface area contributed by atoms with Gasteiger partial charge in [0, 0.05) is 41.0 Å². The van der Waals surface area contributed by atoms with Crippen molar-refractivity contribution in [3.63, 3.8) is 0 Å². The van der Waals surface area contributed by atoms with E-state index in [1.54, 1.807) is 24.3 Å². The third-order valence-electron chi connectivity index (χ3n) is 5.96. The highest BCUT2D eigenvalue weighted by Crippen LogP contribution is 2.29. The lowest BCUT2D eigenvalue weighted by Crippen LogP contribution is -2.52. The van der Waals surface area contributed by atoms with Gasteiger partial charge >= 0.3 is 0 Å². The minimum Gasteiger partial charge on any atom is -0.633 e. The summed E-state index contributed by atoms with van der Waals surface area (Å²) in [5.41, 5.74) is 8.73. The average Bonchev–Trinajstić information content (AvgIpc) is 3.35. The number of nitrogens with zero attached hydrogens (tertiary/aromatic N) is 3. The maximum atomic E-state index is 13.1. The zero-order valence-electron chi connectivity index (χ0n) is 19.2. The summed E-state index contributed by atoms with van der Waals surface area (Å²) in [6.07, 6.45) is 1.25. The SMILES string of the molecule is N/C(=N/O)c1cccc(-c2csc(SCC(=O)NC3CC[N+]([O-])(Cc4ccc(Cl)c(Cl)c4)CC3)n2)c1. The number of hydrogen-bond acceptors (Lipinski definition) is 7. The van der Waals surface area contributed by atoms with Crippen molar-refractivity contribution in [2.24, 2.45) is 10.9 Å². The third-order valence-corrected chi connectivity index (χ3v) is 8.72. The zero-order valence-corrected chi connectivity index (χ0v) is 22.3. The number of hydroxylamine groups is 3. The van der Waals surface area contributed by atoms with E-state index >= 15 is 0 Å². The fourth-order valence-electron chi connectivity index (χ4n) is 4.06. The van der Waals surface area contributed by atoms with Crippen molar-refractivity contribution in [3.8, 4) is 11.3 Å². The monoisotopic (exact) mass is 565 g/mol. The molecule has 12 heteroatoms. The molecule has 190 valence electrons. The molecule has 0 saturated carbocycles. The van der Waals surface area contributed by atoms with E-state index in [4.69, 9.17) is 34.1 Å². The van der Waals surface area contributed by atoms with E-state index < -0.39 is 0 Å². The molecule has 0 aliphatic carbocycles. The van der Waals surface area contributed by atoms with Crippen LogP contribution >= 0.6 is 46.3 Å². The van der Waals surface area contributed by atoms with Gasteiger partial charge in [-0.05, 0) is 18.2 Å². The molecule has 4 rings (SSSR count). The summed E-state index contributed by atoms with van der Waals surface area (Å²) in [6.45, 7) is 1.19. The second kappa shape index (κ2) is 11.8. The van der Waals surface area contributed by atoms with Crippen LogP contribution in [0.15, 0.2) is 57.3 Å². The Morgan fingerprint density at radius 3 is 2.75 bits per heavy atom. The number of benzene rings is 2. The van der Waals surface area contributed by atoms with Crippen LogP contribution in [0, 0.1) is 5.21 Å². The Labute approximate surface area is 227 Å². The number of nitrogens with one attached hydrogen (secondary N) is 1. The molecule has 0 radical (unpaired) electrons. The normalized spacial score (nSPS) is 20.3. The number of hydrogen-bond donors (Lipinski definition) is 3. The van der Waals surface area contributed by atoms with Gasteiger partial charge in [-0.3, -0.25) is 4.79 Å². The first kappa shape index (κ1) is 26.7. The number of halogens is 2. The first-order chi connectivity index (χ1) is 17.2. The smallest absolute Gasteiger partial charge is 0.230 e. The number of carbonyl (C=O) groups is 1. The third kappa shape index (κ3) is 6.90. The number of rotatable bonds is 8. The summed E-state index contributed by atoms with van der Waals surface area (Å²) in [7, 11) is 0. The van der Waals surface area contributed by atoms with Crippen LogP contribution in [0.2, 0.25) is 10.0 Å². The van der Waals surface area contributed by atoms with Gasteiger partial charge in [0.05, 0.1) is 34.6 Å². The van der Waals surface area contributed by atoms with Crippen LogP contribution in [-0.2, 0) is 11.3 Å². The fraction of sp³-hybridized carbons (Fsp3) is 0.292. The van der Waals surface area contributed by atoms with Crippen LogP contribution in [0.3, 0.4) is 0 Å². The number of amidine groups is 1. The lowest BCUT2D eigenvalue weighted by atomic mass is 10.0. The zero-order chi connectivity index (χ0) is 25.7. The predicted octanol–water partition coefficient (Wildman–Crippen LogP) is 5.10. The Bertz CT molecular complexity index is 1260. The van der Waals surface area contributed by atoms with Crippen molar-refractivity contribution in [1.29, 1.82) is 0 Å². The van der Waals surface area contributed by atoms with E-state index in [-0.39, 0.29) is 28.2 Å². The Balaban J connectivity index is 1.24. The van der Waals surface area contributed by atoms with E-state index in [2.05, 4.69) is 15.5 Å². The highest BCUT2D eigenvalue weighted by molar-refractivity contribution is 8.01. The Kier molecular flexibility index (Phi) is 8.76. The van der Waals surface area contributed by atoms with Crippen molar-refractivity contribution in [1.82, 2.24) is 10.3 Å². The number of aromatic nitrogens is 1. The van der Waals surface area contributed by atoms with Gasteiger partial charge < -0.3 is 26.1 Å². The minimum atomic E-state index is -0.335. The van der Waals surface area contributed by atoms with Gasteiger partial charge in [-0.25, -0.2) is 4.98 Å². The Hall–Kier alpha value is -2.34. The summed E-state index contributed by atoms with van der Waals surface area (Å²) in [5.74, 6) is 0.198. The van der Waals surface area contributed by atoms with Crippen LogP contribution in [0.5, 0.6) is 0 Å². The highest BCUT2D eigenvalue weighted by Gasteiger charge is 2.28.